The Bertz CT molecular complexity index is 589. The smallest absolute Gasteiger partial charge is 0.418 e. The summed E-state index contributed by atoms with van der Waals surface area (Å²) in [5, 5.41) is 2.12. The molecule has 0 atom stereocenters. The number of anilines is 1. The average Bonchev–Trinajstić information content (AvgIpc) is 2.35. The molecule has 0 spiro atoms. The molecule has 0 aliphatic heterocycles. The number of rotatable bonds is 4. The predicted octanol–water partition coefficient (Wildman–Crippen LogP) is 5.06. The molecule has 0 aliphatic rings. The Morgan fingerprint density at radius 2 is 1.87 bits per heavy atom. The lowest BCUT2D eigenvalue weighted by molar-refractivity contribution is -0.136. The predicted molar refractivity (Wildman–Crippen MR) is 82.0 cm³/mol. The third-order valence-electron chi connectivity index (χ3n) is 2.60. The van der Waals surface area contributed by atoms with Crippen LogP contribution in [-0.2, 0) is 15.7 Å². The summed E-state index contributed by atoms with van der Waals surface area (Å²) in [4.78, 5) is 11.7. The third-order valence-corrected chi connectivity index (χ3v) is 2.60. The van der Waals surface area contributed by atoms with E-state index in [0.29, 0.717) is 0 Å². The Hall–Kier alpha value is -2.18. The minimum atomic E-state index is -4.65. The van der Waals surface area contributed by atoms with Crippen molar-refractivity contribution < 1.29 is 27.4 Å². The number of alkyl halides is 3. The van der Waals surface area contributed by atoms with Crippen LogP contribution in [0.4, 0.5) is 23.7 Å². The van der Waals surface area contributed by atoms with Crippen molar-refractivity contribution >= 4 is 17.5 Å². The normalized spacial score (nSPS) is 11.8. The standard InChI is InChI=1S/C16H20F3NO3/c1-6-22-10(2)11-7-8-13(12(9-11)16(17,18)19)20-14(21)23-15(3,4)5/h7-9H,2,6H2,1,3-5H3,(H,20,21). The van der Waals surface area contributed by atoms with Crippen LogP contribution in [-0.4, -0.2) is 18.3 Å². The molecule has 4 nitrogen and oxygen atoms in total. The van der Waals surface area contributed by atoms with Crippen LogP contribution >= 0.6 is 0 Å². The van der Waals surface area contributed by atoms with E-state index < -0.39 is 23.4 Å². The van der Waals surface area contributed by atoms with E-state index >= 15 is 0 Å². The Morgan fingerprint density at radius 1 is 1.26 bits per heavy atom. The molecular formula is C16H20F3NO3. The topological polar surface area (TPSA) is 47.6 Å². The summed E-state index contributed by atoms with van der Waals surface area (Å²) in [6, 6.07) is 3.41. The molecule has 1 N–H and O–H groups in total. The second kappa shape index (κ2) is 6.93. The van der Waals surface area contributed by atoms with Crippen molar-refractivity contribution in [2.45, 2.75) is 39.5 Å². The maximum Gasteiger partial charge on any atom is 0.418 e. The Morgan fingerprint density at radius 3 is 2.35 bits per heavy atom. The van der Waals surface area contributed by atoms with Gasteiger partial charge in [-0.05, 0) is 45.9 Å². The van der Waals surface area contributed by atoms with E-state index in [2.05, 4.69) is 11.9 Å². The zero-order valence-corrected chi connectivity index (χ0v) is 13.5. The number of carbonyl (C=O) groups excluding carboxylic acids is 1. The quantitative estimate of drug-likeness (QED) is 0.785. The summed E-state index contributed by atoms with van der Waals surface area (Å²) in [5.41, 5.74) is -2.01. The highest BCUT2D eigenvalue weighted by Crippen LogP contribution is 2.36. The number of hydrogen-bond acceptors (Lipinski definition) is 3. The monoisotopic (exact) mass is 331 g/mol. The first kappa shape index (κ1) is 18.9. The van der Waals surface area contributed by atoms with Crippen molar-refractivity contribution in [3.63, 3.8) is 0 Å². The fraction of sp³-hybridized carbons (Fsp3) is 0.438. The molecule has 0 bridgehead atoms. The second-order valence-electron chi connectivity index (χ2n) is 5.74. The fourth-order valence-corrected chi connectivity index (χ4v) is 1.73. The lowest BCUT2D eigenvalue weighted by Crippen LogP contribution is -2.28. The minimum Gasteiger partial charge on any atom is -0.494 e. The Balaban J connectivity index is 3.12. The number of benzene rings is 1. The van der Waals surface area contributed by atoms with Crippen molar-refractivity contribution in [2.75, 3.05) is 11.9 Å². The number of halogens is 3. The van der Waals surface area contributed by atoms with E-state index in [1.807, 2.05) is 0 Å². The van der Waals surface area contributed by atoms with Crippen molar-refractivity contribution in [1.29, 1.82) is 0 Å². The van der Waals surface area contributed by atoms with E-state index in [4.69, 9.17) is 9.47 Å². The average molecular weight is 331 g/mol. The van der Waals surface area contributed by atoms with Gasteiger partial charge in [0.25, 0.3) is 0 Å². The van der Waals surface area contributed by atoms with E-state index in [1.165, 1.54) is 6.07 Å². The van der Waals surface area contributed by atoms with Gasteiger partial charge in [0.1, 0.15) is 11.4 Å². The molecule has 0 aromatic heterocycles. The number of nitrogens with one attached hydrogen (secondary N) is 1. The van der Waals surface area contributed by atoms with Crippen LogP contribution in [0.3, 0.4) is 0 Å². The molecule has 128 valence electrons. The highest BCUT2D eigenvalue weighted by atomic mass is 19.4. The molecule has 0 radical (unpaired) electrons. The molecule has 1 amide bonds. The zero-order chi connectivity index (χ0) is 17.8. The first-order valence-corrected chi connectivity index (χ1v) is 6.97. The maximum atomic E-state index is 13.2. The molecule has 1 aromatic rings. The Kier molecular flexibility index (Phi) is 5.69. The van der Waals surface area contributed by atoms with Gasteiger partial charge < -0.3 is 9.47 Å². The summed E-state index contributed by atoms with van der Waals surface area (Å²) in [5.74, 6) is 0.127. The summed E-state index contributed by atoms with van der Waals surface area (Å²) in [7, 11) is 0. The molecule has 0 saturated heterocycles. The van der Waals surface area contributed by atoms with Gasteiger partial charge in [0.15, 0.2) is 0 Å². The molecule has 0 heterocycles. The Labute approximate surface area is 133 Å². The number of amides is 1. The molecule has 0 saturated carbocycles. The minimum absolute atomic E-state index is 0.127. The largest absolute Gasteiger partial charge is 0.494 e. The zero-order valence-electron chi connectivity index (χ0n) is 13.5. The third kappa shape index (κ3) is 5.84. The second-order valence-corrected chi connectivity index (χ2v) is 5.74. The maximum absolute atomic E-state index is 13.2. The van der Waals surface area contributed by atoms with Crippen LogP contribution in [0.15, 0.2) is 24.8 Å². The highest BCUT2D eigenvalue weighted by Gasteiger charge is 2.35. The van der Waals surface area contributed by atoms with E-state index in [1.54, 1.807) is 27.7 Å². The summed E-state index contributed by atoms with van der Waals surface area (Å²) in [6.45, 7) is 10.4. The van der Waals surface area contributed by atoms with Gasteiger partial charge in [0, 0.05) is 5.56 Å². The van der Waals surface area contributed by atoms with Crippen molar-refractivity contribution in [2.24, 2.45) is 0 Å². The van der Waals surface area contributed by atoms with Crippen molar-refractivity contribution in [3.05, 3.63) is 35.9 Å². The van der Waals surface area contributed by atoms with Gasteiger partial charge in [-0.1, -0.05) is 6.58 Å². The van der Waals surface area contributed by atoms with Gasteiger partial charge in [-0.3, -0.25) is 5.32 Å². The number of ether oxygens (including phenoxy) is 2. The number of carbonyl (C=O) groups is 1. The molecule has 0 unspecified atom stereocenters. The molecule has 23 heavy (non-hydrogen) atoms. The van der Waals surface area contributed by atoms with Crippen LogP contribution in [0.5, 0.6) is 0 Å². The molecule has 1 aromatic carbocycles. The van der Waals surface area contributed by atoms with Crippen molar-refractivity contribution in [3.8, 4) is 0 Å². The fourth-order valence-electron chi connectivity index (χ4n) is 1.73. The van der Waals surface area contributed by atoms with E-state index in [0.717, 1.165) is 12.1 Å². The molecule has 0 aliphatic carbocycles. The summed E-state index contributed by atoms with van der Waals surface area (Å²) < 4.78 is 49.7. The molecule has 1 rings (SSSR count). The summed E-state index contributed by atoms with van der Waals surface area (Å²) in [6.07, 6.45) is -5.60. The molecule has 7 heteroatoms. The lowest BCUT2D eigenvalue weighted by atomic mass is 10.1. The van der Waals surface area contributed by atoms with Gasteiger partial charge in [0.2, 0.25) is 0 Å². The van der Waals surface area contributed by atoms with Gasteiger partial charge in [-0.25, -0.2) is 4.79 Å². The van der Waals surface area contributed by atoms with Gasteiger partial charge in [-0.2, -0.15) is 13.2 Å². The van der Waals surface area contributed by atoms with Crippen LogP contribution in [0.1, 0.15) is 38.8 Å². The van der Waals surface area contributed by atoms with Crippen LogP contribution in [0.2, 0.25) is 0 Å². The summed E-state index contributed by atoms with van der Waals surface area (Å²) >= 11 is 0. The first-order valence-electron chi connectivity index (χ1n) is 6.97. The first-order chi connectivity index (χ1) is 10.4. The van der Waals surface area contributed by atoms with Gasteiger partial charge in [-0.15, -0.1) is 0 Å². The van der Waals surface area contributed by atoms with Crippen LogP contribution < -0.4 is 5.32 Å². The SMILES string of the molecule is C=C(OCC)c1ccc(NC(=O)OC(C)(C)C)c(C(F)(F)F)c1. The lowest BCUT2D eigenvalue weighted by Gasteiger charge is -2.21. The van der Waals surface area contributed by atoms with Gasteiger partial charge in [0.05, 0.1) is 17.9 Å². The van der Waals surface area contributed by atoms with E-state index in [9.17, 15) is 18.0 Å². The number of hydrogen-bond donors (Lipinski definition) is 1. The highest BCUT2D eigenvalue weighted by molar-refractivity contribution is 5.86. The van der Waals surface area contributed by atoms with Gasteiger partial charge >= 0.3 is 12.3 Å². The van der Waals surface area contributed by atoms with Crippen LogP contribution in [0.25, 0.3) is 5.76 Å². The van der Waals surface area contributed by atoms with Crippen molar-refractivity contribution in [1.82, 2.24) is 0 Å². The van der Waals surface area contributed by atoms with E-state index in [-0.39, 0.29) is 23.6 Å². The molecule has 0 fully saturated rings. The van der Waals surface area contributed by atoms with Crippen LogP contribution in [0, 0.1) is 0 Å². The molecular weight excluding hydrogens is 311 g/mol.